The second-order valence-electron chi connectivity index (χ2n) is 6.21. The van der Waals surface area contributed by atoms with Crippen molar-refractivity contribution in [1.82, 2.24) is 4.90 Å². The number of ether oxygens (including phenoxy) is 1. The summed E-state index contributed by atoms with van der Waals surface area (Å²) in [6.07, 6.45) is 2.07. The highest BCUT2D eigenvalue weighted by Crippen LogP contribution is 2.28. The van der Waals surface area contributed by atoms with E-state index in [-0.39, 0.29) is 24.0 Å². The van der Waals surface area contributed by atoms with Gasteiger partial charge in [-0.2, -0.15) is 8.78 Å². The number of halogens is 3. The average Bonchev–Trinajstić information content (AvgIpc) is 3.42. The van der Waals surface area contributed by atoms with Crippen LogP contribution in [0.2, 0.25) is 0 Å². The molecule has 2 aromatic carbocycles. The molecule has 0 radical (unpaired) electrons. The molecular weight excluding hydrogens is 345 g/mol. The van der Waals surface area contributed by atoms with Gasteiger partial charge < -0.3 is 10.1 Å². The monoisotopic (exact) mass is 364 g/mol. The Labute approximate surface area is 149 Å². The SMILES string of the molecule is O=C(CN(Cc1ccc(F)cc1)C1CC1)Nc1ccc(OC(F)F)cc1. The van der Waals surface area contributed by atoms with Gasteiger partial charge in [-0.25, -0.2) is 4.39 Å². The molecule has 0 spiro atoms. The number of carbonyl (C=O) groups is 1. The third-order valence-corrected chi connectivity index (χ3v) is 4.07. The van der Waals surface area contributed by atoms with Crippen LogP contribution in [0.25, 0.3) is 0 Å². The molecule has 4 nitrogen and oxygen atoms in total. The first-order valence-electron chi connectivity index (χ1n) is 8.33. The standard InChI is InChI=1S/C19H19F3N2O2/c20-14-3-1-13(2-4-14)11-24(16-7-8-16)12-18(25)23-15-5-9-17(10-6-15)26-19(21)22/h1-6,9-10,16,19H,7-8,11-12H2,(H,23,25). The van der Waals surface area contributed by atoms with Crippen LogP contribution in [0.5, 0.6) is 5.75 Å². The third kappa shape index (κ3) is 5.49. The second-order valence-corrected chi connectivity index (χ2v) is 6.21. The largest absolute Gasteiger partial charge is 0.435 e. The maximum absolute atomic E-state index is 13.0. The number of carbonyl (C=O) groups excluding carboxylic acids is 1. The van der Waals surface area contributed by atoms with Gasteiger partial charge in [-0.3, -0.25) is 9.69 Å². The van der Waals surface area contributed by atoms with E-state index in [0.717, 1.165) is 18.4 Å². The lowest BCUT2D eigenvalue weighted by molar-refractivity contribution is -0.117. The van der Waals surface area contributed by atoms with Gasteiger partial charge in [0, 0.05) is 18.3 Å². The van der Waals surface area contributed by atoms with Crippen LogP contribution < -0.4 is 10.1 Å². The highest BCUT2D eigenvalue weighted by molar-refractivity contribution is 5.92. The lowest BCUT2D eigenvalue weighted by Gasteiger charge is -2.21. The number of hydrogen-bond donors (Lipinski definition) is 1. The number of nitrogens with zero attached hydrogens (tertiary/aromatic N) is 1. The molecule has 138 valence electrons. The molecule has 1 saturated carbocycles. The van der Waals surface area contributed by atoms with Gasteiger partial charge in [-0.05, 0) is 54.8 Å². The molecule has 2 aromatic rings. The Morgan fingerprint density at radius 3 is 2.35 bits per heavy atom. The van der Waals surface area contributed by atoms with Crippen LogP contribution in [0.4, 0.5) is 18.9 Å². The van der Waals surface area contributed by atoms with E-state index < -0.39 is 6.61 Å². The summed E-state index contributed by atoms with van der Waals surface area (Å²) < 4.78 is 41.6. The Morgan fingerprint density at radius 2 is 1.77 bits per heavy atom. The minimum absolute atomic E-state index is 0.0360. The van der Waals surface area contributed by atoms with Crippen LogP contribution >= 0.6 is 0 Å². The summed E-state index contributed by atoms with van der Waals surface area (Å²) in [5.41, 5.74) is 1.45. The number of rotatable bonds is 8. The summed E-state index contributed by atoms with van der Waals surface area (Å²) in [5.74, 6) is -0.445. The van der Waals surface area contributed by atoms with Crippen molar-refractivity contribution in [2.24, 2.45) is 0 Å². The molecule has 26 heavy (non-hydrogen) atoms. The van der Waals surface area contributed by atoms with Crippen molar-refractivity contribution in [3.63, 3.8) is 0 Å². The van der Waals surface area contributed by atoms with Gasteiger partial charge in [0.05, 0.1) is 6.54 Å². The maximum Gasteiger partial charge on any atom is 0.387 e. The lowest BCUT2D eigenvalue weighted by atomic mass is 10.2. The van der Waals surface area contributed by atoms with Gasteiger partial charge >= 0.3 is 6.61 Å². The van der Waals surface area contributed by atoms with Crippen LogP contribution in [-0.2, 0) is 11.3 Å². The predicted octanol–water partition coefficient (Wildman–Crippen LogP) is 4.03. The van der Waals surface area contributed by atoms with Crippen molar-refractivity contribution in [3.05, 3.63) is 59.9 Å². The van der Waals surface area contributed by atoms with Crippen molar-refractivity contribution in [2.75, 3.05) is 11.9 Å². The number of nitrogens with one attached hydrogen (secondary N) is 1. The summed E-state index contributed by atoms with van der Waals surface area (Å²) in [5, 5.41) is 2.75. The normalized spacial score (nSPS) is 13.9. The Morgan fingerprint density at radius 1 is 1.12 bits per heavy atom. The Bertz CT molecular complexity index is 731. The zero-order valence-corrected chi connectivity index (χ0v) is 14.0. The Kier molecular flexibility index (Phi) is 5.78. The lowest BCUT2D eigenvalue weighted by Crippen LogP contribution is -2.34. The molecule has 0 heterocycles. The Balaban J connectivity index is 1.55. The fraction of sp³-hybridized carbons (Fsp3) is 0.316. The van der Waals surface area contributed by atoms with E-state index in [2.05, 4.69) is 15.0 Å². The van der Waals surface area contributed by atoms with Gasteiger partial charge in [0.2, 0.25) is 5.91 Å². The number of hydrogen-bond acceptors (Lipinski definition) is 3. The molecule has 1 N–H and O–H groups in total. The third-order valence-electron chi connectivity index (χ3n) is 4.07. The van der Waals surface area contributed by atoms with Crippen LogP contribution in [0, 0.1) is 5.82 Å². The highest BCUT2D eigenvalue weighted by atomic mass is 19.3. The van der Waals surface area contributed by atoms with Crippen LogP contribution in [0.3, 0.4) is 0 Å². The molecule has 1 aliphatic carbocycles. The maximum atomic E-state index is 13.0. The average molecular weight is 364 g/mol. The summed E-state index contributed by atoms with van der Waals surface area (Å²) in [4.78, 5) is 14.4. The quantitative estimate of drug-likeness (QED) is 0.769. The molecule has 0 aliphatic heterocycles. The van der Waals surface area contributed by atoms with Gasteiger partial charge in [0.1, 0.15) is 11.6 Å². The van der Waals surface area contributed by atoms with Gasteiger partial charge in [-0.1, -0.05) is 12.1 Å². The van der Waals surface area contributed by atoms with Crippen molar-refractivity contribution in [1.29, 1.82) is 0 Å². The number of anilines is 1. The summed E-state index contributed by atoms with van der Waals surface area (Å²) in [6.45, 7) is -2.11. The molecule has 0 aromatic heterocycles. The molecule has 7 heteroatoms. The predicted molar refractivity (Wildman–Crippen MR) is 91.5 cm³/mol. The molecule has 0 atom stereocenters. The molecule has 0 bridgehead atoms. The smallest absolute Gasteiger partial charge is 0.387 e. The zero-order chi connectivity index (χ0) is 18.5. The van der Waals surface area contributed by atoms with Crippen molar-refractivity contribution < 1.29 is 22.7 Å². The van der Waals surface area contributed by atoms with E-state index in [1.54, 1.807) is 12.1 Å². The van der Waals surface area contributed by atoms with Crippen LogP contribution in [-0.4, -0.2) is 30.0 Å². The van der Waals surface area contributed by atoms with Crippen molar-refractivity contribution in [3.8, 4) is 5.75 Å². The first kappa shape index (κ1) is 18.3. The van der Waals surface area contributed by atoms with Crippen molar-refractivity contribution >= 4 is 11.6 Å². The minimum Gasteiger partial charge on any atom is -0.435 e. The van der Waals surface area contributed by atoms with E-state index in [1.807, 2.05) is 0 Å². The van der Waals surface area contributed by atoms with Gasteiger partial charge in [0.15, 0.2) is 0 Å². The number of benzene rings is 2. The number of amides is 1. The summed E-state index contributed by atoms with van der Waals surface area (Å²) >= 11 is 0. The van der Waals surface area contributed by atoms with Crippen LogP contribution in [0.1, 0.15) is 18.4 Å². The van der Waals surface area contributed by atoms with Gasteiger partial charge in [-0.15, -0.1) is 0 Å². The van der Waals surface area contributed by atoms with E-state index in [0.29, 0.717) is 18.3 Å². The first-order valence-corrected chi connectivity index (χ1v) is 8.33. The Hall–Kier alpha value is -2.54. The molecular formula is C19H19F3N2O2. The fourth-order valence-corrected chi connectivity index (χ4v) is 2.68. The molecule has 1 fully saturated rings. The zero-order valence-electron chi connectivity index (χ0n) is 14.0. The minimum atomic E-state index is -2.88. The summed E-state index contributed by atoms with van der Waals surface area (Å²) in [6, 6.07) is 12.4. The van der Waals surface area contributed by atoms with Crippen LogP contribution in [0.15, 0.2) is 48.5 Å². The highest BCUT2D eigenvalue weighted by Gasteiger charge is 2.30. The second kappa shape index (κ2) is 8.23. The van der Waals surface area contributed by atoms with E-state index in [1.165, 1.54) is 36.4 Å². The molecule has 3 rings (SSSR count). The fourth-order valence-electron chi connectivity index (χ4n) is 2.68. The van der Waals surface area contributed by atoms with E-state index in [9.17, 15) is 18.0 Å². The summed E-state index contributed by atoms with van der Waals surface area (Å²) in [7, 11) is 0. The van der Waals surface area contributed by atoms with Gasteiger partial charge in [0.25, 0.3) is 0 Å². The van der Waals surface area contributed by atoms with Crippen molar-refractivity contribution in [2.45, 2.75) is 32.0 Å². The first-order chi connectivity index (χ1) is 12.5. The molecule has 1 aliphatic rings. The van der Waals surface area contributed by atoms with E-state index >= 15 is 0 Å². The number of alkyl halides is 2. The molecule has 0 saturated heterocycles. The molecule has 0 unspecified atom stereocenters. The van der Waals surface area contributed by atoms with E-state index in [4.69, 9.17) is 0 Å². The topological polar surface area (TPSA) is 41.6 Å². The molecule has 1 amide bonds.